The van der Waals surface area contributed by atoms with Crippen LogP contribution in [0.3, 0.4) is 0 Å². The summed E-state index contributed by atoms with van der Waals surface area (Å²) >= 11 is 0. The van der Waals surface area contributed by atoms with Crippen molar-refractivity contribution in [1.82, 2.24) is 14.1 Å². The van der Waals surface area contributed by atoms with Crippen molar-refractivity contribution < 1.29 is 10.2 Å². The first-order valence-corrected chi connectivity index (χ1v) is 8.91. The maximum atomic E-state index is 10.5. The number of hydrogen-bond donors (Lipinski definition) is 2. The van der Waals surface area contributed by atoms with Gasteiger partial charge in [0.15, 0.2) is 5.75 Å². The zero-order chi connectivity index (χ0) is 18.5. The van der Waals surface area contributed by atoms with Gasteiger partial charge in [-0.1, -0.05) is 50.3 Å². The molecule has 2 N–H and O–H groups in total. The van der Waals surface area contributed by atoms with E-state index >= 15 is 0 Å². The van der Waals surface area contributed by atoms with Crippen LogP contribution in [0.2, 0.25) is 0 Å². The minimum absolute atomic E-state index is 0.0182. The molecule has 5 heteroatoms. The highest BCUT2D eigenvalue weighted by atomic mass is 16.3. The molecule has 0 aliphatic carbocycles. The van der Waals surface area contributed by atoms with Gasteiger partial charge in [0.25, 0.3) is 0 Å². The smallest absolute Gasteiger partial charge is 0.235 e. The van der Waals surface area contributed by atoms with Gasteiger partial charge >= 0.3 is 0 Å². The quantitative estimate of drug-likeness (QED) is 0.660. The molecule has 0 atom stereocenters. The van der Waals surface area contributed by atoms with Gasteiger partial charge in [-0.3, -0.25) is 0 Å². The van der Waals surface area contributed by atoms with Gasteiger partial charge in [0.2, 0.25) is 5.88 Å². The zero-order valence-corrected chi connectivity index (χ0v) is 15.2. The van der Waals surface area contributed by atoms with Crippen LogP contribution in [0.5, 0.6) is 11.6 Å². The van der Waals surface area contributed by atoms with Gasteiger partial charge < -0.3 is 19.3 Å². The number of imidazole rings is 1. The third-order valence-corrected chi connectivity index (χ3v) is 4.46. The van der Waals surface area contributed by atoms with E-state index in [0.29, 0.717) is 6.54 Å². The molecule has 0 radical (unpaired) electrons. The van der Waals surface area contributed by atoms with E-state index in [0.717, 1.165) is 29.8 Å². The largest absolute Gasteiger partial charge is 0.503 e. The molecule has 0 aliphatic heterocycles. The Bertz CT molecular complexity index is 863. The van der Waals surface area contributed by atoms with Gasteiger partial charge in [-0.2, -0.15) is 0 Å². The minimum atomic E-state index is -0.0629. The molecule has 0 amide bonds. The van der Waals surface area contributed by atoms with Crippen molar-refractivity contribution in [3.05, 3.63) is 65.9 Å². The number of hydrogen-bond acceptors (Lipinski definition) is 3. The van der Waals surface area contributed by atoms with Crippen LogP contribution in [0.1, 0.15) is 43.0 Å². The second-order valence-corrected chi connectivity index (χ2v) is 6.68. The van der Waals surface area contributed by atoms with Crippen molar-refractivity contribution in [2.45, 2.75) is 39.3 Å². The Hall–Kier alpha value is -2.95. The Labute approximate surface area is 153 Å². The van der Waals surface area contributed by atoms with E-state index < -0.39 is 0 Å². The number of benzene rings is 1. The maximum absolute atomic E-state index is 10.5. The van der Waals surface area contributed by atoms with Crippen LogP contribution in [0.15, 0.2) is 49.1 Å². The van der Waals surface area contributed by atoms with Gasteiger partial charge in [0, 0.05) is 31.0 Å². The van der Waals surface area contributed by atoms with Crippen molar-refractivity contribution >= 4 is 12.2 Å². The van der Waals surface area contributed by atoms with E-state index in [2.05, 4.69) is 4.98 Å². The lowest BCUT2D eigenvalue weighted by Gasteiger charge is -2.10. The summed E-state index contributed by atoms with van der Waals surface area (Å²) in [7, 11) is 0. The summed E-state index contributed by atoms with van der Waals surface area (Å²) in [6.45, 7) is 5.45. The van der Waals surface area contributed by atoms with E-state index in [4.69, 9.17) is 0 Å². The fraction of sp³-hybridized carbons (Fsp3) is 0.286. The third-order valence-electron chi connectivity index (χ3n) is 4.46. The first-order valence-electron chi connectivity index (χ1n) is 8.91. The summed E-state index contributed by atoms with van der Waals surface area (Å²) in [6.07, 6.45) is 10.3. The highest BCUT2D eigenvalue weighted by Crippen LogP contribution is 2.40. The van der Waals surface area contributed by atoms with Gasteiger partial charge in [-0.05, 0) is 24.0 Å². The predicted molar refractivity (Wildman–Crippen MR) is 104 cm³/mol. The summed E-state index contributed by atoms with van der Waals surface area (Å²) in [5.41, 5.74) is 2.70. The number of rotatable bonds is 7. The second-order valence-electron chi connectivity index (χ2n) is 6.68. The molecular weight excluding hydrogens is 326 g/mol. The monoisotopic (exact) mass is 351 g/mol. The summed E-state index contributed by atoms with van der Waals surface area (Å²) < 4.78 is 3.80. The van der Waals surface area contributed by atoms with Crippen LogP contribution < -0.4 is 0 Å². The Kier molecular flexibility index (Phi) is 5.46. The van der Waals surface area contributed by atoms with Crippen LogP contribution in [0, 0.1) is 0 Å². The second kappa shape index (κ2) is 7.95. The topological polar surface area (TPSA) is 63.2 Å². The standard InChI is InChI=1S/C21H25N3O2/c1-16(2)19-18(10-9-17-7-4-3-5-8-17)24(21(26)20(19)25)13-6-12-23-14-11-22-15-23/h3-5,7-11,14-16,25-26H,6,12-13H2,1-2H3. The Morgan fingerprint density at radius 3 is 2.50 bits per heavy atom. The summed E-state index contributed by atoms with van der Waals surface area (Å²) in [6, 6.07) is 10.0. The molecule has 5 nitrogen and oxygen atoms in total. The molecule has 1 aromatic carbocycles. The van der Waals surface area contributed by atoms with Crippen LogP contribution in [0.4, 0.5) is 0 Å². The average molecular weight is 351 g/mol. The molecule has 0 saturated carbocycles. The molecule has 26 heavy (non-hydrogen) atoms. The highest BCUT2D eigenvalue weighted by Gasteiger charge is 2.22. The van der Waals surface area contributed by atoms with E-state index in [-0.39, 0.29) is 17.5 Å². The van der Waals surface area contributed by atoms with Crippen LogP contribution in [-0.2, 0) is 13.1 Å². The first-order chi connectivity index (χ1) is 12.6. The molecule has 3 rings (SSSR count). The highest BCUT2D eigenvalue weighted by molar-refractivity contribution is 5.73. The normalized spacial score (nSPS) is 11.7. The third kappa shape index (κ3) is 3.82. The number of aryl methyl sites for hydroxylation is 1. The van der Waals surface area contributed by atoms with Gasteiger partial charge in [-0.15, -0.1) is 0 Å². The predicted octanol–water partition coefficient (Wildman–Crippen LogP) is 4.48. The number of aromatic nitrogens is 3. The minimum Gasteiger partial charge on any atom is -0.503 e. The van der Waals surface area contributed by atoms with Crippen molar-refractivity contribution in [3.63, 3.8) is 0 Å². The summed E-state index contributed by atoms with van der Waals surface area (Å²) in [5, 5.41) is 20.9. The van der Waals surface area contributed by atoms with Gasteiger partial charge in [-0.25, -0.2) is 4.98 Å². The molecule has 0 fully saturated rings. The Balaban J connectivity index is 1.89. The Morgan fingerprint density at radius 1 is 1.08 bits per heavy atom. The van der Waals surface area contributed by atoms with Crippen LogP contribution in [-0.4, -0.2) is 24.3 Å². The molecular formula is C21H25N3O2. The molecule has 2 heterocycles. The fourth-order valence-corrected chi connectivity index (χ4v) is 3.17. The van der Waals surface area contributed by atoms with Crippen LogP contribution in [0.25, 0.3) is 12.2 Å². The van der Waals surface area contributed by atoms with Crippen molar-refractivity contribution in [2.24, 2.45) is 0 Å². The van der Waals surface area contributed by atoms with E-state index in [1.165, 1.54) is 0 Å². The lowest BCUT2D eigenvalue weighted by molar-refractivity contribution is 0.365. The Morgan fingerprint density at radius 2 is 1.85 bits per heavy atom. The molecule has 2 aromatic heterocycles. The lowest BCUT2D eigenvalue weighted by atomic mass is 10.0. The first kappa shape index (κ1) is 17.9. The zero-order valence-electron chi connectivity index (χ0n) is 15.2. The maximum Gasteiger partial charge on any atom is 0.235 e. The SMILES string of the molecule is CC(C)c1c(O)c(O)n(CCCn2ccnc2)c1C=Cc1ccccc1. The van der Waals surface area contributed by atoms with E-state index in [9.17, 15) is 10.2 Å². The van der Waals surface area contributed by atoms with E-state index in [1.54, 1.807) is 17.1 Å². The number of nitrogens with zero attached hydrogens (tertiary/aromatic N) is 3. The molecule has 136 valence electrons. The molecule has 0 spiro atoms. The van der Waals surface area contributed by atoms with Gasteiger partial charge in [0.1, 0.15) is 0 Å². The lowest BCUT2D eigenvalue weighted by Crippen LogP contribution is -2.05. The fourth-order valence-electron chi connectivity index (χ4n) is 3.17. The number of aromatic hydroxyl groups is 2. The molecule has 0 unspecified atom stereocenters. The summed E-state index contributed by atoms with van der Waals surface area (Å²) in [4.78, 5) is 4.04. The van der Waals surface area contributed by atoms with E-state index in [1.807, 2.05) is 67.1 Å². The molecule has 0 saturated heterocycles. The van der Waals surface area contributed by atoms with Gasteiger partial charge in [0.05, 0.1) is 12.0 Å². The van der Waals surface area contributed by atoms with Crippen molar-refractivity contribution in [2.75, 3.05) is 0 Å². The van der Waals surface area contributed by atoms with Crippen molar-refractivity contribution in [1.29, 1.82) is 0 Å². The molecule has 0 bridgehead atoms. The molecule has 3 aromatic rings. The van der Waals surface area contributed by atoms with Crippen molar-refractivity contribution in [3.8, 4) is 11.6 Å². The average Bonchev–Trinajstić information content (AvgIpc) is 3.23. The summed E-state index contributed by atoms with van der Waals surface area (Å²) in [5.74, 6) is 0.0219. The van der Waals surface area contributed by atoms with Crippen LogP contribution >= 0.6 is 0 Å². The molecule has 0 aliphatic rings.